The molecule has 0 radical (unpaired) electrons. The second-order valence-electron chi connectivity index (χ2n) is 3.54. The quantitative estimate of drug-likeness (QED) is 0.749. The Hall–Kier alpha value is -1.85. The number of carboxylic acid groups (broad SMARTS) is 1. The second kappa shape index (κ2) is 6.03. The highest BCUT2D eigenvalue weighted by atomic mass is 19.3. The maximum atomic E-state index is 12.4. The van der Waals surface area contributed by atoms with Gasteiger partial charge in [-0.25, -0.2) is 8.78 Å². The fourth-order valence-corrected chi connectivity index (χ4v) is 1.48. The van der Waals surface area contributed by atoms with Gasteiger partial charge in [0.05, 0.1) is 24.3 Å². The molecule has 0 atom stereocenters. The van der Waals surface area contributed by atoms with E-state index in [9.17, 15) is 13.6 Å². The van der Waals surface area contributed by atoms with Crippen molar-refractivity contribution in [3.05, 3.63) is 24.3 Å². The summed E-state index contributed by atoms with van der Waals surface area (Å²) in [6.07, 6.45) is -2.75. The summed E-state index contributed by atoms with van der Waals surface area (Å²) in [6.45, 7) is -0.518. The van der Waals surface area contributed by atoms with E-state index >= 15 is 0 Å². The molecule has 0 saturated carbocycles. The lowest BCUT2D eigenvalue weighted by Crippen LogP contribution is -2.31. The van der Waals surface area contributed by atoms with Gasteiger partial charge in [0.25, 0.3) is 6.43 Å². The van der Waals surface area contributed by atoms with Gasteiger partial charge in [-0.05, 0) is 12.1 Å². The number of carbonyl (C=O) groups is 1. The number of para-hydroxylation sites is 2. The fraction of sp³-hybridized carbons (Fsp3) is 0.364. The van der Waals surface area contributed by atoms with Crippen molar-refractivity contribution in [2.24, 2.45) is 0 Å². The Morgan fingerprint density at radius 2 is 2.06 bits per heavy atom. The number of halogens is 2. The number of alkyl halides is 2. The Bertz CT molecular complexity index is 385. The third-order valence-corrected chi connectivity index (χ3v) is 2.23. The third kappa shape index (κ3) is 4.26. The van der Waals surface area contributed by atoms with Crippen LogP contribution in [0, 0.1) is 0 Å². The zero-order valence-corrected chi connectivity index (χ0v) is 9.14. The molecule has 0 spiro atoms. The molecule has 3 N–H and O–H groups in total. The Labute approximate surface area is 97.6 Å². The minimum Gasteiger partial charge on any atom is -0.481 e. The molecule has 0 unspecified atom stereocenters. The summed E-state index contributed by atoms with van der Waals surface area (Å²) in [5.41, 5.74) is 6.47. The first-order chi connectivity index (χ1) is 8.00. The van der Waals surface area contributed by atoms with Gasteiger partial charge >= 0.3 is 5.97 Å². The monoisotopic (exact) mass is 244 g/mol. The average molecular weight is 244 g/mol. The summed E-state index contributed by atoms with van der Waals surface area (Å²) < 4.78 is 24.8. The van der Waals surface area contributed by atoms with Crippen molar-refractivity contribution < 1.29 is 18.7 Å². The van der Waals surface area contributed by atoms with E-state index in [1.165, 1.54) is 4.90 Å². The molecule has 1 rings (SSSR count). The minimum atomic E-state index is -2.54. The van der Waals surface area contributed by atoms with Crippen LogP contribution >= 0.6 is 0 Å². The lowest BCUT2D eigenvalue weighted by molar-refractivity contribution is -0.136. The van der Waals surface area contributed by atoms with Gasteiger partial charge in [0.1, 0.15) is 0 Å². The molecule has 1 aromatic rings. The largest absolute Gasteiger partial charge is 0.481 e. The van der Waals surface area contributed by atoms with Gasteiger partial charge in [-0.15, -0.1) is 0 Å². The lowest BCUT2D eigenvalue weighted by Gasteiger charge is -2.25. The van der Waals surface area contributed by atoms with Crippen molar-refractivity contribution in [1.29, 1.82) is 0 Å². The summed E-state index contributed by atoms with van der Waals surface area (Å²) in [6, 6.07) is 6.55. The average Bonchev–Trinajstić information content (AvgIpc) is 2.24. The van der Waals surface area contributed by atoms with Gasteiger partial charge in [0.2, 0.25) is 0 Å². The standard InChI is InChI=1S/C11H14F2N2O2/c12-10(13)7-15(6-5-11(16)17)9-4-2-1-3-8(9)14/h1-4,10H,5-7,14H2,(H,16,17). The summed E-state index contributed by atoms with van der Waals surface area (Å²) in [7, 11) is 0. The Morgan fingerprint density at radius 3 is 2.59 bits per heavy atom. The zero-order chi connectivity index (χ0) is 12.8. The zero-order valence-electron chi connectivity index (χ0n) is 9.14. The molecule has 4 nitrogen and oxygen atoms in total. The molecule has 0 bridgehead atoms. The molecule has 0 heterocycles. The number of nitrogens with two attached hydrogens (primary N) is 1. The van der Waals surface area contributed by atoms with Crippen LogP contribution in [0.25, 0.3) is 0 Å². The van der Waals surface area contributed by atoms with E-state index in [2.05, 4.69) is 0 Å². The maximum Gasteiger partial charge on any atom is 0.305 e. The van der Waals surface area contributed by atoms with Crippen molar-refractivity contribution in [3.63, 3.8) is 0 Å². The van der Waals surface area contributed by atoms with Crippen LogP contribution in [-0.2, 0) is 4.79 Å². The van der Waals surface area contributed by atoms with Crippen LogP contribution in [0.2, 0.25) is 0 Å². The first kappa shape index (κ1) is 13.2. The number of nitrogen functional groups attached to an aromatic ring is 1. The molecule has 17 heavy (non-hydrogen) atoms. The number of aliphatic carboxylic acids is 1. The molecule has 6 heteroatoms. The highest BCUT2D eigenvalue weighted by molar-refractivity contribution is 5.70. The summed E-state index contributed by atoms with van der Waals surface area (Å²) in [5, 5.41) is 8.57. The van der Waals surface area contributed by atoms with E-state index < -0.39 is 18.9 Å². The molecule has 1 aromatic carbocycles. The molecule has 0 saturated heterocycles. The van der Waals surface area contributed by atoms with Crippen molar-refractivity contribution in [2.45, 2.75) is 12.8 Å². The predicted octanol–water partition coefficient (Wildman–Crippen LogP) is 1.81. The highest BCUT2D eigenvalue weighted by Crippen LogP contribution is 2.23. The lowest BCUT2D eigenvalue weighted by atomic mass is 10.2. The van der Waals surface area contributed by atoms with E-state index in [0.717, 1.165) is 0 Å². The topological polar surface area (TPSA) is 66.6 Å². The van der Waals surface area contributed by atoms with Crippen LogP contribution in [0.15, 0.2) is 24.3 Å². The van der Waals surface area contributed by atoms with Crippen molar-refractivity contribution in [3.8, 4) is 0 Å². The molecule has 0 fully saturated rings. The van der Waals surface area contributed by atoms with Gasteiger partial charge in [-0.3, -0.25) is 4.79 Å². The van der Waals surface area contributed by atoms with Crippen LogP contribution in [-0.4, -0.2) is 30.6 Å². The van der Waals surface area contributed by atoms with Gasteiger partial charge in [-0.2, -0.15) is 0 Å². The van der Waals surface area contributed by atoms with Crippen molar-refractivity contribution in [2.75, 3.05) is 23.7 Å². The predicted molar refractivity (Wildman–Crippen MR) is 61.3 cm³/mol. The van der Waals surface area contributed by atoms with Crippen LogP contribution < -0.4 is 10.6 Å². The van der Waals surface area contributed by atoms with Crippen LogP contribution in [0.5, 0.6) is 0 Å². The van der Waals surface area contributed by atoms with Gasteiger partial charge in [-0.1, -0.05) is 12.1 Å². The second-order valence-corrected chi connectivity index (χ2v) is 3.54. The van der Waals surface area contributed by atoms with Gasteiger partial charge < -0.3 is 15.7 Å². The number of nitrogens with zero attached hydrogens (tertiary/aromatic N) is 1. The molecule has 0 aliphatic rings. The maximum absolute atomic E-state index is 12.4. The highest BCUT2D eigenvalue weighted by Gasteiger charge is 2.15. The van der Waals surface area contributed by atoms with Crippen LogP contribution in [0.1, 0.15) is 6.42 Å². The number of carboxylic acids is 1. The van der Waals surface area contributed by atoms with E-state index in [1.807, 2.05) is 0 Å². The van der Waals surface area contributed by atoms with Gasteiger partial charge in [0, 0.05) is 6.54 Å². The molecule has 0 aromatic heterocycles. The number of hydrogen-bond donors (Lipinski definition) is 2. The SMILES string of the molecule is Nc1ccccc1N(CCC(=O)O)CC(F)F. The number of rotatable bonds is 6. The summed E-state index contributed by atoms with van der Waals surface area (Å²) in [5.74, 6) is -1.03. The Balaban J connectivity index is 2.82. The molecule has 0 aliphatic heterocycles. The minimum absolute atomic E-state index is 0.00782. The molecular weight excluding hydrogens is 230 g/mol. The van der Waals surface area contributed by atoms with Gasteiger partial charge in [0.15, 0.2) is 0 Å². The van der Waals surface area contributed by atoms with E-state index in [1.54, 1.807) is 24.3 Å². The summed E-state index contributed by atoms with van der Waals surface area (Å²) in [4.78, 5) is 11.7. The Morgan fingerprint density at radius 1 is 1.41 bits per heavy atom. The molecule has 94 valence electrons. The van der Waals surface area contributed by atoms with E-state index in [-0.39, 0.29) is 13.0 Å². The summed E-state index contributed by atoms with van der Waals surface area (Å²) >= 11 is 0. The Kier molecular flexibility index (Phi) is 4.68. The fourth-order valence-electron chi connectivity index (χ4n) is 1.48. The van der Waals surface area contributed by atoms with E-state index in [0.29, 0.717) is 11.4 Å². The first-order valence-corrected chi connectivity index (χ1v) is 5.10. The smallest absolute Gasteiger partial charge is 0.305 e. The molecule has 0 aliphatic carbocycles. The van der Waals surface area contributed by atoms with E-state index in [4.69, 9.17) is 10.8 Å². The third-order valence-electron chi connectivity index (χ3n) is 2.23. The van der Waals surface area contributed by atoms with Crippen molar-refractivity contribution in [1.82, 2.24) is 0 Å². The normalized spacial score (nSPS) is 10.5. The van der Waals surface area contributed by atoms with Crippen LogP contribution in [0.3, 0.4) is 0 Å². The molecular formula is C11H14F2N2O2. The number of hydrogen-bond acceptors (Lipinski definition) is 3. The van der Waals surface area contributed by atoms with Crippen LogP contribution in [0.4, 0.5) is 20.2 Å². The first-order valence-electron chi connectivity index (χ1n) is 5.10. The van der Waals surface area contributed by atoms with Crippen molar-refractivity contribution >= 4 is 17.3 Å². The number of benzene rings is 1. The number of anilines is 2. The molecule has 0 amide bonds.